The van der Waals surface area contributed by atoms with E-state index < -0.39 is 14.6 Å². The first-order chi connectivity index (χ1) is 10.7. The van der Waals surface area contributed by atoms with E-state index in [9.17, 15) is 8.42 Å². The van der Waals surface area contributed by atoms with E-state index >= 15 is 0 Å². The Balaban J connectivity index is 2.82. The predicted molar refractivity (Wildman–Crippen MR) is 97.6 cm³/mol. The maximum atomic E-state index is 11.8. The lowest BCUT2D eigenvalue weighted by Gasteiger charge is -2.24. The molecule has 0 heterocycles. The van der Waals surface area contributed by atoms with Crippen LogP contribution in [0.2, 0.25) is 0 Å². The van der Waals surface area contributed by atoms with E-state index in [4.69, 9.17) is 0 Å². The summed E-state index contributed by atoms with van der Waals surface area (Å²) in [6.45, 7) is 9.14. The fourth-order valence-corrected chi connectivity index (χ4v) is 2.32. The van der Waals surface area contributed by atoms with Crippen molar-refractivity contribution in [3.8, 4) is 0 Å². The lowest BCUT2D eigenvalue weighted by atomic mass is 10.1. The highest BCUT2D eigenvalue weighted by molar-refractivity contribution is 7.92. The molecule has 130 valence electrons. The first-order valence-electron chi connectivity index (χ1n) is 7.99. The number of benzene rings is 1. The zero-order chi connectivity index (χ0) is 17.5. The quantitative estimate of drug-likeness (QED) is 0.590. The van der Waals surface area contributed by atoms with Gasteiger partial charge in [-0.3, -0.25) is 0 Å². The molecule has 0 fully saturated rings. The molecule has 1 rings (SSSR count). The van der Waals surface area contributed by atoms with Crippen molar-refractivity contribution in [3.63, 3.8) is 0 Å². The molecule has 0 aliphatic rings. The van der Waals surface area contributed by atoms with Gasteiger partial charge in [-0.25, -0.2) is 13.4 Å². The number of guanidine groups is 1. The molecule has 1 aromatic rings. The third kappa shape index (κ3) is 5.86. The lowest BCUT2D eigenvalue weighted by Crippen LogP contribution is -2.47. The highest BCUT2D eigenvalue weighted by atomic mass is 32.2. The summed E-state index contributed by atoms with van der Waals surface area (Å²) in [4.78, 5) is 4.58. The van der Waals surface area contributed by atoms with Gasteiger partial charge in [0.2, 0.25) is 0 Å². The van der Waals surface area contributed by atoms with Crippen LogP contribution in [0.4, 0.5) is 0 Å². The van der Waals surface area contributed by atoms with E-state index in [1.807, 2.05) is 19.1 Å². The summed E-state index contributed by atoms with van der Waals surface area (Å²) >= 11 is 0. The molecule has 2 N–H and O–H groups in total. The van der Waals surface area contributed by atoms with Crippen LogP contribution in [-0.4, -0.2) is 38.5 Å². The minimum absolute atomic E-state index is 0.313. The van der Waals surface area contributed by atoms with Gasteiger partial charge in [0.15, 0.2) is 15.8 Å². The summed E-state index contributed by atoms with van der Waals surface area (Å²) in [6.07, 6.45) is 2.23. The summed E-state index contributed by atoms with van der Waals surface area (Å²) < 4.78 is 22.7. The molecule has 0 atom stereocenters. The minimum Gasteiger partial charge on any atom is -0.357 e. The zero-order valence-corrected chi connectivity index (χ0v) is 15.6. The van der Waals surface area contributed by atoms with Gasteiger partial charge in [-0.05, 0) is 38.3 Å². The largest absolute Gasteiger partial charge is 0.357 e. The maximum Gasteiger partial charge on any atom is 0.191 e. The molecule has 23 heavy (non-hydrogen) atoms. The number of hydrogen-bond donors (Lipinski definition) is 2. The van der Waals surface area contributed by atoms with Gasteiger partial charge in [0.1, 0.15) is 0 Å². The van der Waals surface area contributed by atoms with Crippen LogP contribution in [0.25, 0.3) is 0 Å². The van der Waals surface area contributed by atoms with Crippen LogP contribution < -0.4 is 10.6 Å². The van der Waals surface area contributed by atoms with Crippen molar-refractivity contribution in [2.24, 2.45) is 4.99 Å². The van der Waals surface area contributed by atoms with Crippen molar-refractivity contribution in [3.05, 3.63) is 35.4 Å². The van der Waals surface area contributed by atoms with Crippen LogP contribution in [-0.2, 0) is 22.8 Å². The van der Waals surface area contributed by atoms with Crippen LogP contribution in [0.1, 0.15) is 38.8 Å². The molecule has 5 nitrogen and oxygen atoms in total. The predicted octanol–water partition coefficient (Wildman–Crippen LogP) is 2.13. The average Bonchev–Trinajstić information content (AvgIpc) is 2.49. The fourth-order valence-electron chi connectivity index (χ4n) is 1.99. The molecule has 0 saturated heterocycles. The molecule has 0 aliphatic carbocycles. The van der Waals surface area contributed by atoms with Crippen molar-refractivity contribution >= 4 is 15.8 Å². The van der Waals surface area contributed by atoms with E-state index in [2.05, 4.69) is 34.7 Å². The summed E-state index contributed by atoms with van der Waals surface area (Å²) in [5.41, 5.74) is 2.47. The molecule has 0 aromatic heterocycles. The Morgan fingerprint density at radius 3 is 2.26 bits per heavy atom. The molecule has 0 spiro atoms. The Morgan fingerprint density at radius 2 is 1.74 bits per heavy atom. The third-order valence-electron chi connectivity index (χ3n) is 3.94. The molecular weight excluding hydrogens is 310 g/mol. The van der Waals surface area contributed by atoms with Crippen molar-refractivity contribution in [2.45, 2.75) is 45.4 Å². The number of rotatable bonds is 7. The van der Waals surface area contributed by atoms with Gasteiger partial charge >= 0.3 is 0 Å². The second-order valence-corrected chi connectivity index (χ2v) is 8.85. The van der Waals surface area contributed by atoms with Crippen molar-refractivity contribution < 1.29 is 8.42 Å². The standard InChI is InChI=1S/C17H29N3O2S/c1-6-14-10-8-9-11-15(14)12-19-16(18-7-2)20-13-17(3,4)23(5,21)22/h8-11H,6-7,12-13H2,1-5H3,(H2,18,19,20). The first-order valence-corrected chi connectivity index (χ1v) is 9.89. The monoisotopic (exact) mass is 339 g/mol. The number of hydrogen-bond acceptors (Lipinski definition) is 3. The van der Waals surface area contributed by atoms with Crippen LogP contribution in [0.15, 0.2) is 29.3 Å². The van der Waals surface area contributed by atoms with Gasteiger partial charge in [0.05, 0.1) is 11.3 Å². The van der Waals surface area contributed by atoms with Crippen LogP contribution in [0.3, 0.4) is 0 Å². The average molecular weight is 340 g/mol. The smallest absolute Gasteiger partial charge is 0.191 e. The topological polar surface area (TPSA) is 70.6 Å². The second-order valence-electron chi connectivity index (χ2n) is 6.20. The molecule has 0 amide bonds. The Bertz CT molecular complexity index is 637. The van der Waals surface area contributed by atoms with E-state index in [0.717, 1.165) is 13.0 Å². The summed E-state index contributed by atoms with van der Waals surface area (Å²) in [5.74, 6) is 0.634. The summed E-state index contributed by atoms with van der Waals surface area (Å²) in [6, 6.07) is 8.23. The minimum atomic E-state index is -3.14. The molecular formula is C17H29N3O2S. The van der Waals surface area contributed by atoms with Crippen molar-refractivity contribution in [2.75, 3.05) is 19.3 Å². The third-order valence-corrected chi connectivity index (χ3v) is 6.09. The first kappa shape index (κ1) is 19.5. The van der Waals surface area contributed by atoms with Crippen LogP contribution >= 0.6 is 0 Å². The van der Waals surface area contributed by atoms with Crippen LogP contribution in [0.5, 0.6) is 0 Å². The summed E-state index contributed by atoms with van der Waals surface area (Å²) in [5, 5.41) is 6.29. The molecule has 0 radical (unpaired) electrons. The maximum absolute atomic E-state index is 11.8. The SMILES string of the molecule is CCNC(=NCc1ccccc1CC)NCC(C)(C)S(C)(=O)=O. The second kappa shape index (κ2) is 8.34. The molecule has 0 aliphatic heterocycles. The van der Waals surface area contributed by atoms with Gasteiger partial charge in [-0.2, -0.15) is 0 Å². The molecule has 0 bridgehead atoms. The van der Waals surface area contributed by atoms with Gasteiger partial charge in [-0.15, -0.1) is 0 Å². The zero-order valence-electron chi connectivity index (χ0n) is 14.8. The van der Waals surface area contributed by atoms with E-state index in [1.54, 1.807) is 13.8 Å². The van der Waals surface area contributed by atoms with E-state index in [-0.39, 0.29) is 0 Å². The van der Waals surface area contributed by atoms with Gasteiger partial charge < -0.3 is 10.6 Å². The van der Waals surface area contributed by atoms with E-state index in [0.29, 0.717) is 19.0 Å². The Morgan fingerprint density at radius 1 is 1.13 bits per heavy atom. The number of aliphatic imine (C=N–C) groups is 1. The summed E-state index contributed by atoms with van der Waals surface area (Å²) in [7, 11) is -3.14. The van der Waals surface area contributed by atoms with E-state index in [1.165, 1.54) is 17.4 Å². The van der Waals surface area contributed by atoms with Crippen molar-refractivity contribution in [1.82, 2.24) is 10.6 Å². The van der Waals surface area contributed by atoms with Gasteiger partial charge in [-0.1, -0.05) is 31.2 Å². The molecule has 1 aromatic carbocycles. The lowest BCUT2D eigenvalue weighted by molar-refractivity contribution is 0.544. The number of aryl methyl sites for hydroxylation is 1. The Kier molecular flexibility index (Phi) is 7.06. The Hall–Kier alpha value is -1.56. The number of nitrogens with zero attached hydrogens (tertiary/aromatic N) is 1. The van der Waals surface area contributed by atoms with Crippen molar-refractivity contribution in [1.29, 1.82) is 0 Å². The van der Waals surface area contributed by atoms with Gasteiger partial charge in [0, 0.05) is 19.3 Å². The fraction of sp³-hybridized carbons (Fsp3) is 0.588. The molecule has 6 heteroatoms. The molecule has 0 saturated carbocycles. The highest BCUT2D eigenvalue weighted by Crippen LogP contribution is 2.13. The number of sulfone groups is 1. The Labute approximate surface area is 140 Å². The number of nitrogens with one attached hydrogen (secondary N) is 2. The molecule has 0 unspecified atom stereocenters. The van der Waals surface area contributed by atoms with Crippen LogP contribution in [0, 0.1) is 0 Å². The van der Waals surface area contributed by atoms with Gasteiger partial charge in [0.25, 0.3) is 0 Å². The normalized spacial score (nSPS) is 13.0. The highest BCUT2D eigenvalue weighted by Gasteiger charge is 2.30.